The normalized spacial score (nSPS) is 18.0. The molecule has 1 unspecified atom stereocenters. The van der Waals surface area contributed by atoms with Crippen molar-refractivity contribution in [2.45, 2.75) is 43.5 Å². The zero-order valence-corrected chi connectivity index (χ0v) is 16.3. The molecule has 1 atom stereocenters. The van der Waals surface area contributed by atoms with Crippen molar-refractivity contribution in [1.82, 2.24) is 9.62 Å². The van der Waals surface area contributed by atoms with Crippen LogP contribution in [0.5, 0.6) is 0 Å². The molecule has 1 aliphatic heterocycles. The fourth-order valence-electron chi connectivity index (χ4n) is 3.32. The number of rotatable bonds is 6. The second-order valence-electron chi connectivity index (χ2n) is 6.69. The fourth-order valence-corrected chi connectivity index (χ4v) is 5.06. The highest BCUT2D eigenvalue weighted by atomic mass is 32.2. The van der Waals surface area contributed by atoms with Gasteiger partial charge in [-0.15, -0.1) is 0 Å². The Morgan fingerprint density at radius 2 is 1.76 bits per heavy atom. The Hall–Kier alpha value is -1.21. The first-order valence-corrected chi connectivity index (χ1v) is 11.3. The van der Waals surface area contributed by atoms with E-state index in [1.54, 1.807) is 23.5 Å². The highest BCUT2D eigenvalue weighted by molar-refractivity contribution is 7.89. The van der Waals surface area contributed by atoms with Crippen LogP contribution in [0.1, 0.15) is 42.9 Å². The zero-order chi connectivity index (χ0) is 17.7. The molecule has 6 heteroatoms. The van der Waals surface area contributed by atoms with E-state index in [4.69, 9.17) is 0 Å². The predicted molar refractivity (Wildman–Crippen MR) is 103 cm³/mol. The molecule has 1 fully saturated rings. The monoisotopic (exact) mass is 378 g/mol. The summed E-state index contributed by atoms with van der Waals surface area (Å²) in [5.74, 6) is 0. The Kier molecular flexibility index (Phi) is 6.28. The number of likely N-dealkylation sites (tertiary alicyclic amines) is 1. The van der Waals surface area contributed by atoms with Gasteiger partial charge >= 0.3 is 0 Å². The van der Waals surface area contributed by atoms with Crippen molar-refractivity contribution in [1.29, 1.82) is 0 Å². The molecule has 0 amide bonds. The Balaban J connectivity index is 1.75. The molecule has 1 aromatic carbocycles. The minimum absolute atomic E-state index is 0.101. The Morgan fingerprint density at radius 1 is 1.08 bits per heavy atom. The lowest BCUT2D eigenvalue weighted by Gasteiger charge is -2.30. The molecule has 0 bridgehead atoms. The van der Waals surface area contributed by atoms with E-state index in [1.165, 1.54) is 31.2 Å². The van der Waals surface area contributed by atoms with Gasteiger partial charge in [-0.3, -0.25) is 4.90 Å². The summed E-state index contributed by atoms with van der Waals surface area (Å²) >= 11 is 1.66. The summed E-state index contributed by atoms with van der Waals surface area (Å²) in [4.78, 5) is 2.77. The second kappa shape index (κ2) is 8.45. The lowest BCUT2D eigenvalue weighted by Crippen LogP contribution is -2.38. The summed E-state index contributed by atoms with van der Waals surface area (Å²) in [5, 5.41) is 4.20. The molecule has 0 spiro atoms. The van der Waals surface area contributed by atoms with Crippen LogP contribution >= 0.6 is 11.3 Å². The average molecular weight is 379 g/mol. The van der Waals surface area contributed by atoms with Crippen molar-refractivity contribution in [2.24, 2.45) is 0 Å². The minimum atomic E-state index is -3.48. The third-order valence-corrected chi connectivity index (χ3v) is 6.95. The minimum Gasteiger partial charge on any atom is -0.295 e. The van der Waals surface area contributed by atoms with E-state index in [0.717, 1.165) is 18.7 Å². The first kappa shape index (κ1) is 18.6. The van der Waals surface area contributed by atoms with E-state index in [2.05, 4.69) is 26.4 Å². The molecule has 2 aromatic rings. The van der Waals surface area contributed by atoms with Crippen molar-refractivity contribution in [3.05, 3.63) is 52.2 Å². The summed E-state index contributed by atoms with van der Waals surface area (Å²) in [6.07, 6.45) is 4.90. The van der Waals surface area contributed by atoms with Crippen molar-refractivity contribution in [2.75, 3.05) is 19.6 Å². The summed E-state index contributed by atoms with van der Waals surface area (Å²) in [5.41, 5.74) is 2.26. The number of hydrogen-bond acceptors (Lipinski definition) is 4. The largest absolute Gasteiger partial charge is 0.295 e. The Morgan fingerprint density at radius 3 is 2.36 bits per heavy atom. The number of benzene rings is 1. The first-order chi connectivity index (χ1) is 12.1. The SMILES string of the molecule is Cc1ccc(S(=O)(=O)NCC(c2ccsc2)N2CCCCCC2)cc1. The quantitative estimate of drug-likeness (QED) is 0.828. The third kappa shape index (κ3) is 4.91. The number of aryl methyl sites for hydroxylation is 1. The summed E-state index contributed by atoms with van der Waals surface area (Å²) < 4.78 is 28.1. The highest BCUT2D eigenvalue weighted by Gasteiger charge is 2.24. The molecule has 1 N–H and O–H groups in total. The molecule has 0 saturated carbocycles. The fraction of sp³-hybridized carbons (Fsp3) is 0.474. The lowest BCUT2D eigenvalue weighted by molar-refractivity contribution is 0.206. The van der Waals surface area contributed by atoms with Gasteiger partial charge in [-0.05, 0) is 67.4 Å². The van der Waals surface area contributed by atoms with Gasteiger partial charge in [-0.2, -0.15) is 11.3 Å². The van der Waals surface area contributed by atoms with Crippen molar-refractivity contribution < 1.29 is 8.42 Å². The Bertz CT molecular complexity index is 747. The van der Waals surface area contributed by atoms with Crippen molar-refractivity contribution in [3.63, 3.8) is 0 Å². The molecule has 25 heavy (non-hydrogen) atoms. The van der Waals surface area contributed by atoms with Crippen LogP contribution in [0, 0.1) is 6.92 Å². The maximum atomic E-state index is 12.6. The summed E-state index contributed by atoms with van der Waals surface area (Å²) in [7, 11) is -3.48. The van der Waals surface area contributed by atoms with E-state index >= 15 is 0 Å². The first-order valence-electron chi connectivity index (χ1n) is 8.89. The topological polar surface area (TPSA) is 49.4 Å². The van der Waals surface area contributed by atoms with E-state index in [1.807, 2.05) is 19.1 Å². The van der Waals surface area contributed by atoms with Crippen LogP contribution in [0.15, 0.2) is 46.0 Å². The lowest BCUT2D eigenvalue weighted by atomic mass is 10.1. The van der Waals surface area contributed by atoms with Crippen LogP contribution in [0.3, 0.4) is 0 Å². The average Bonchev–Trinajstić information content (AvgIpc) is 2.98. The molecule has 4 nitrogen and oxygen atoms in total. The Labute approximate surface area is 154 Å². The number of nitrogens with one attached hydrogen (secondary N) is 1. The molecule has 1 saturated heterocycles. The smallest absolute Gasteiger partial charge is 0.240 e. The molecular formula is C19H26N2O2S2. The molecule has 0 radical (unpaired) electrons. The van der Waals surface area contributed by atoms with Crippen LogP contribution in [0.4, 0.5) is 0 Å². The van der Waals surface area contributed by atoms with Gasteiger partial charge in [0.15, 0.2) is 0 Å². The predicted octanol–water partition coefficient (Wildman–Crippen LogP) is 3.95. The van der Waals surface area contributed by atoms with Crippen LogP contribution in [0.2, 0.25) is 0 Å². The highest BCUT2D eigenvalue weighted by Crippen LogP contribution is 2.26. The van der Waals surface area contributed by atoms with Gasteiger partial charge in [0, 0.05) is 12.6 Å². The van der Waals surface area contributed by atoms with E-state index < -0.39 is 10.0 Å². The van der Waals surface area contributed by atoms with Crippen molar-refractivity contribution >= 4 is 21.4 Å². The molecule has 3 rings (SSSR count). The van der Waals surface area contributed by atoms with E-state index in [9.17, 15) is 8.42 Å². The van der Waals surface area contributed by atoms with E-state index in [0.29, 0.717) is 11.4 Å². The van der Waals surface area contributed by atoms with Gasteiger partial charge < -0.3 is 0 Å². The maximum absolute atomic E-state index is 12.6. The molecule has 2 heterocycles. The van der Waals surface area contributed by atoms with Crippen molar-refractivity contribution in [3.8, 4) is 0 Å². The number of nitrogens with zero attached hydrogens (tertiary/aromatic N) is 1. The molecular weight excluding hydrogens is 352 g/mol. The summed E-state index contributed by atoms with van der Waals surface area (Å²) in [6.45, 7) is 4.43. The van der Waals surface area contributed by atoms with Gasteiger partial charge in [0.2, 0.25) is 10.0 Å². The van der Waals surface area contributed by atoms with Crippen LogP contribution in [-0.4, -0.2) is 33.0 Å². The second-order valence-corrected chi connectivity index (χ2v) is 9.23. The van der Waals surface area contributed by atoms with E-state index in [-0.39, 0.29) is 6.04 Å². The molecule has 0 aliphatic carbocycles. The van der Waals surface area contributed by atoms with Gasteiger partial charge in [-0.1, -0.05) is 30.5 Å². The molecule has 1 aromatic heterocycles. The molecule has 136 valence electrons. The van der Waals surface area contributed by atoms with Crippen LogP contribution < -0.4 is 4.72 Å². The summed E-state index contributed by atoms with van der Waals surface area (Å²) in [6, 6.07) is 9.22. The van der Waals surface area contributed by atoms with Crippen LogP contribution in [-0.2, 0) is 10.0 Å². The third-order valence-electron chi connectivity index (χ3n) is 4.81. The number of thiophene rings is 1. The van der Waals surface area contributed by atoms with Crippen LogP contribution in [0.25, 0.3) is 0 Å². The number of sulfonamides is 1. The van der Waals surface area contributed by atoms with Gasteiger partial charge in [0.25, 0.3) is 0 Å². The maximum Gasteiger partial charge on any atom is 0.240 e. The zero-order valence-electron chi connectivity index (χ0n) is 14.6. The van der Waals surface area contributed by atoms with Gasteiger partial charge in [0.05, 0.1) is 4.90 Å². The standard InChI is InChI=1S/C19H26N2O2S2/c1-16-6-8-18(9-7-16)25(22,23)20-14-19(17-10-13-24-15-17)21-11-4-2-3-5-12-21/h6-10,13,15,19-20H,2-5,11-12,14H2,1H3. The van der Waals surface area contributed by atoms with Gasteiger partial charge in [0.1, 0.15) is 0 Å². The molecule has 1 aliphatic rings. The van der Waals surface area contributed by atoms with Gasteiger partial charge in [-0.25, -0.2) is 13.1 Å². The number of hydrogen-bond donors (Lipinski definition) is 1.